The largest absolute Gasteiger partial charge is 0.632 e. The number of nitrogens with zero attached hydrogens (tertiary/aromatic N) is 1. The van der Waals surface area contributed by atoms with Gasteiger partial charge in [0, 0.05) is 18.9 Å². The lowest BCUT2D eigenvalue weighted by Gasteiger charge is -2.49. The van der Waals surface area contributed by atoms with E-state index in [9.17, 15) is 19.9 Å². The number of hydrogen-bond donors (Lipinski definition) is 1. The van der Waals surface area contributed by atoms with Gasteiger partial charge in [0.2, 0.25) is 11.5 Å². The molecular weight excluding hydrogens is 566 g/mol. The summed E-state index contributed by atoms with van der Waals surface area (Å²) in [5.74, 6) is 0.676. The van der Waals surface area contributed by atoms with Crippen molar-refractivity contribution in [3.8, 4) is 34.5 Å². The van der Waals surface area contributed by atoms with Gasteiger partial charge in [-0.05, 0) is 35.9 Å². The van der Waals surface area contributed by atoms with E-state index in [2.05, 4.69) is 0 Å². The van der Waals surface area contributed by atoms with Gasteiger partial charge in [-0.2, -0.15) is 0 Å². The van der Waals surface area contributed by atoms with Crippen LogP contribution in [0.25, 0.3) is 6.08 Å². The molecule has 13 nitrogen and oxygen atoms in total. The van der Waals surface area contributed by atoms with Crippen molar-refractivity contribution >= 4 is 18.0 Å². The van der Waals surface area contributed by atoms with Crippen molar-refractivity contribution in [3.63, 3.8) is 0 Å². The summed E-state index contributed by atoms with van der Waals surface area (Å²) in [6, 6.07) is 4.52. The number of quaternary nitrogens is 1. The fourth-order valence-electron chi connectivity index (χ4n) is 5.81. The highest BCUT2D eigenvalue weighted by molar-refractivity contribution is 5.91. The highest BCUT2D eigenvalue weighted by Gasteiger charge is 2.61. The van der Waals surface area contributed by atoms with Crippen LogP contribution in [0, 0.1) is 5.21 Å². The van der Waals surface area contributed by atoms with E-state index in [0.29, 0.717) is 28.6 Å². The zero-order chi connectivity index (χ0) is 31.5. The van der Waals surface area contributed by atoms with E-state index in [-0.39, 0.29) is 29.9 Å². The van der Waals surface area contributed by atoms with Crippen LogP contribution in [-0.4, -0.2) is 102 Å². The Labute approximate surface area is 249 Å². The molecule has 0 aromatic heterocycles. The summed E-state index contributed by atoms with van der Waals surface area (Å²) >= 11 is 0. The number of carbonyl (C=O) groups excluding carboxylic acids is 2. The predicted molar refractivity (Wildman–Crippen MR) is 153 cm³/mol. The third kappa shape index (κ3) is 6.14. The van der Waals surface area contributed by atoms with Gasteiger partial charge in [0.1, 0.15) is 24.3 Å². The molecule has 4 rings (SSSR count). The Bertz CT molecular complexity index is 1320. The van der Waals surface area contributed by atoms with E-state index in [0.717, 1.165) is 0 Å². The van der Waals surface area contributed by atoms with E-state index >= 15 is 0 Å². The monoisotopic (exact) mass is 603 g/mol. The first-order valence-electron chi connectivity index (χ1n) is 13.5. The fourth-order valence-corrected chi connectivity index (χ4v) is 5.81. The van der Waals surface area contributed by atoms with Crippen molar-refractivity contribution in [2.75, 3.05) is 49.7 Å². The van der Waals surface area contributed by atoms with Crippen LogP contribution in [0.4, 0.5) is 0 Å². The standard InChI is InChI=1S/C30H37NO12/c1-31(35)19-14-18(42-30(34)17-12-23(38-4)29(41-7)24(13-17)39-5)15-20(31)27(26(19)33)43-25(32)9-8-16-10-21(36-2)28(40-6)22(11-16)37-3/h8-13,18-20,26-27,33H,14-15H2,1-7H3/b9-8+/t18?,19?,20?,26-,27+,31+/m0/s1. The zero-order valence-electron chi connectivity index (χ0n) is 25.2. The smallest absolute Gasteiger partial charge is 0.338 e. The summed E-state index contributed by atoms with van der Waals surface area (Å²) in [6.07, 6.45) is -0.206. The van der Waals surface area contributed by atoms with Gasteiger partial charge in [0.25, 0.3) is 0 Å². The zero-order valence-corrected chi connectivity index (χ0v) is 25.2. The van der Waals surface area contributed by atoms with E-state index in [4.69, 9.17) is 37.9 Å². The first kappa shape index (κ1) is 31.7. The number of aliphatic hydroxyl groups is 1. The van der Waals surface area contributed by atoms with Crippen molar-refractivity contribution in [2.45, 2.75) is 43.2 Å². The number of ether oxygens (including phenoxy) is 8. The minimum Gasteiger partial charge on any atom is -0.632 e. The number of hydrogen-bond acceptors (Lipinski definition) is 12. The van der Waals surface area contributed by atoms with Crippen LogP contribution in [0.15, 0.2) is 30.3 Å². The maximum atomic E-state index is 13.5. The number of fused-ring (bicyclic) bond motifs is 2. The van der Waals surface area contributed by atoms with Gasteiger partial charge >= 0.3 is 11.9 Å². The minimum atomic E-state index is -1.25. The summed E-state index contributed by atoms with van der Waals surface area (Å²) in [6.45, 7) is 0. The molecule has 3 unspecified atom stereocenters. The molecule has 2 aliphatic heterocycles. The van der Waals surface area contributed by atoms with Crippen LogP contribution < -0.4 is 28.4 Å². The number of esters is 2. The molecule has 43 heavy (non-hydrogen) atoms. The molecule has 1 N–H and O–H groups in total. The van der Waals surface area contributed by atoms with Crippen molar-refractivity contribution in [1.29, 1.82) is 0 Å². The predicted octanol–water partition coefficient (Wildman–Crippen LogP) is 2.74. The summed E-state index contributed by atoms with van der Waals surface area (Å²) in [5, 5.41) is 24.5. The maximum absolute atomic E-state index is 13.5. The van der Waals surface area contributed by atoms with E-state index < -0.39 is 47.0 Å². The van der Waals surface area contributed by atoms with Crippen LogP contribution >= 0.6 is 0 Å². The average Bonchev–Trinajstić information content (AvgIpc) is 3.09. The Balaban J connectivity index is 1.48. The Morgan fingerprint density at radius 2 is 1.28 bits per heavy atom. The Morgan fingerprint density at radius 3 is 1.77 bits per heavy atom. The molecule has 234 valence electrons. The normalized spacial score (nSPS) is 26.0. The van der Waals surface area contributed by atoms with E-state index in [1.807, 2.05) is 0 Å². The van der Waals surface area contributed by atoms with Crippen LogP contribution in [0.2, 0.25) is 0 Å². The summed E-state index contributed by atoms with van der Waals surface area (Å²) < 4.78 is 42.5. The van der Waals surface area contributed by atoms with Crippen LogP contribution in [0.1, 0.15) is 28.8 Å². The molecule has 2 bridgehead atoms. The van der Waals surface area contributed by atoms with Gasteiger partial charge in [-0.15, -0.1) is 0 Å². The molecule has 2 heterocycles. The minimum absolute atomic E-state index is 0.0816. The van der Waals surface area contributed by atoms with Gasteiger partial charge in [-0.3, -0.25) is 0 Å². The van der Waals surface area contributed by atoms with Crippen molar-refractivity contribution in [1.82, 2.24) is 0 Å². The second-order valence-corrected chi connectivity index (χ2v) is 10.3. The SMILES string of the molecule is COc1cc(/C=C/C(=O)O[C@@H]2C3CC(OC(=O)c4cc(OC)c(OC)c(OC)c4)CC([C@@H]2O)[N@@+]3(C)[O-])cc(OC)c1OC. The van der Waals surface area contributed by atoms with E-state index in [1.54, 1.807) is 12.1 Å². The molecule has 0 amide bonds. The van der Waals surface area contributed by atoms with Crippen LogP contribution in [0.5, 0.6) is 34.5 Å². The molecule has 0 radical (unpaired) electrons. The third-order valence-electron chi connectivity index (χ3n) is 7.96. The Hall–Kier alpha value is -4.20. The van der Waals surface area contributed by atoms with Gasteiger partial charge in [-0.1, -0.05) is 0 Å². The molecule has 6 atom stereocenters. The molecule has 2 aromatic rings. The second-order valence-electron chi connectivity index (χ2n) is 10.3. The number of carbonyl (C=O) groups is 2. The molecule has 0 aliphatic carbocycles. The highest BCUT2D eigenvalue weighted by Crippen LogP contribution is 2.44. The lowest BCUT2D eigenvalue weighted by Crippen LogP contribution is -2.57. The number of rotatable bonds is 11. The Morgan fingerprint density at radius 1 is 0.791 bits per heavy atom. The summed E-state index contributed by atoms with van der Waals surface area (Å²) in [4.78, 5) is 25.9. The number of methoxy groups -OCH3 is 6. The fraction of sp³-hybridized carbons (Fsp3) is 0.467. The first-order chi connectivity index (χ1) is 20.5. The average molecular weight is 604 g/mol. The molecule has 0 spiro atoms. The maximum Gasteiger partial charge on any atom is 0.338 e. The number of aliphatic hydroxyl groups excluding tert-OH is 1. The lowest BCUT2D eigenvalue weighted by molar-refractivity contribution is -0.906. The summed E-state index contributed by atoms with van der Waals surface area (Å²) in [5.41, 5.74) is 0.729. The lowest BCUT2D eigenvalue weighted by atomic mass is 9.99. The van der Waals surface area contributed by atoms with Crippen molar-refractivity contribution < 1.29 is 57.2 Å². The van der Waals surface area contributed by atoms with Crippen molar-refractivity contribution in [3.05, 3.63) is 46.7 Å². The van der Waals surface area contributed by atoms with E-state index in [1.165, 1.54) is 74.0 Å². The molecule has 2 saturated heterocycles. The highest BCUT2D eigenvalue weighted by atomic mass is 16.6. The van der Waals surface area contributed by atoms with Crippen LogP contribution in [-0.2, 0) is 14.3 Å². The molecule has 2 aromatic carbocycles. The number of likely N-dealkylation sites (N-methyl/N-ethyl adjacent to an activating group) is 1. The number of hydroxylamine groups is 3. The number of benzene rings is 2. The second kappa shape index (κ2) is 13.0. The van der Waals surface area contributed by atoms with Gasteiger partial charge < -0.3 is 52.9 Å². The molecule has 13 heteroatoms. The molecular formula is C30H37NO12. The van der Waals surface area contributed by atoms with Crippen molar-refractivity contribution in [2.24, 2.45) is 0 Å². The quantitative estimate of drug-likeness (QED) is 0.174. The molecule has 2 aliphatic rings. The first-order valence-corrected chi connectivity index (χ1v) is 13.5. The Kier molecular flexibility index (Phi) is 9.58. The topological polar surface area (TPSA) is 151 Å². The summed E-state index contributed by atoms with van der Waals surface area (Å²) in [7, 11) is 10.2. The third-order valence-corrected chi connectivity index (χ3v) is 7.96. The van der Waals surface area contributed by atoms with Gasteiger partial charge in [-0.25, -0.2) is 9.59 Å². The van der Waals surface area contributed by atoms with Gasteiger partial charge in [0.05, 0.1) is 55.3 Å². The number of piperidine rings is 1. The van der Waals surface area contributed by atoms with Crippen LogP contribution in [0.3, 0.4) is 0 Å². The molecule has 2 fully saturated rings. The van der Waals surface area contributed by atoms with Gasteiger partial charge in [0.15, 0.2) is 29.1 Å². The molecule has 0 saturated carbocycles.